The number of hydrogen-bond donors (Lipinski definition) is 1. The molecule has 1 atom stereocenters. The molecule has 1 heterocycles. The quantitative estimate of drug-likeness (QED) is 0.711. The minimum absolute atomic E-state index is 0.120. The number of hydrogen-bond acceptors (Lipinski definition) is 5. The van der Waals surface area contributed by atoms with Crippen LogP contribution in [0.5, 0.6) is 17.2 Å². The average molecular weight is 413 g/mol. The predicted octanol–water partition coefficient (Wildman–Crippen LogP) is 3.98. The summed E-state index contributed by atoms with van der Waals surface area (Å²) < 4.78 is 16.1. The number of amides is 1. The standard InChI is InChI=1S/C24H32N2O4/c1-17-22(29-3)14-19(15-23(17)30-4)24(27)25-16-21(26-12-6-5-7-13-26)18-8-10-20(28-2)11-9-18/h8-11,14-15,21H,5-7,12-13,16H2,1-4H3,(H,25,27). The number of nitrogens with one attached hydrogen (secondary N) is 1. The summed E-state index contributed by atoms with van der Waals surface area (Å²) in [6, 6.07) is 11.8. The number of carbonyl (C=O) groups excluding carboxylic acids is 1. The first-order valence-electron chi connectivity index (χ1n) is 10.5. The number of benzene rings is 2. The molecule has 0 bridgehead atoms. The summed E-state index contributed by atoms with van der Waals surface area (Å²) in [7, 11) is 4.86. The zero-order valence-corrected chi connectivity index (χ0v) is 18.4. The van der Waals surface area contributed by atoms with Gasteiger partial charge < -0.3 is 19.5 Å². The maximum absolute atomic E-state index is 13.0. The van der Waals surface area contributed by atoms with Gasteiger partial charge in [0, 0.05) is 17.7 Å². The van der Waals surface area contributed by atoms with E-state index in [1.807, 2.05) is 19.1 Å². The van der Waals surface area contributed by atoms with Gasteiger partial charge in [0.25, 0.3) is 5.91 Å². The SMILES string of the molecule is COc1ccc(C(CNC(=O)c2cc(OC)c(C)c(OC)c2)N2CCCCC2)cc1. The molecule has 0 aromatic heterocycles. The Labute approximate surface area is 179 Å². The van der Waals surface area contributed by atoms with Gasteiger partial charge >= 0.3 is 0 Å². The third-order valence-electron chi connectivity index (χ3n) is 5.80. The van der Waals surface area contributed by atoms with E-state index in [2.05, 4.69) is 22.3 Å². The molecular formula is C24H32N2O4. The fourth-order valence-electron chi connectivity index (χ4n) is 4.02. The number of methoxy groups -OCH3 is 3. The number of piperidine rings is 1. The first-order valence-corrected chi connectivity index (χ1v) is 10.5. The van der Waals surface area contributed by atoms with Crippen molar-refractivity contribution < 1.29 is 19.0 Å². The zero-order chi connectivity index (χ0) is 21.5. The lowest BCUT2D eigenvalue weighted by molar-refractivity contribution is 0.0923. The van der Waals surface area contributed by atoms with Gasteiger partial charge in [0.2, 0.25) is 0 Å². The first kappa shape index (κ1) is 22.0. The number of rotatable bonds is 8. The van der Waals surface area contributed by atoms with Crippen LogP contribution >= 0.6 is 0 Å². The molecule has 3 rings (SSSR count). The number of ether oxygens (including phenoxy) is 3. The second kappa shape index (κ2) is 10.3. The van der Waals surface area contributed by atoms with E-state index in [0.717, 1.165) is 24.4 Å². The monoisotopic (exact) mass is 412 g/mol. The molecule has 6 nitrogen and oxygen atoms in total. The highest BCUT2D eigenvalue weighted by Crippen LogP contribution is 2.30. The van der Waals surface area contributed by atoms with Crippen molar-refractivity contribution in [3.05, 3.63) is 53.1 Å². The Morgan fingerprint density at radius 1 is 0.967 bits per heavy atom. The highest BCUT2D eigenvalue weighted by atomic mass is 16.5. The maximum Gasteiger partial charge on any atom is 0.251 e. The van der Waals surface area contributed by atoms with Crippen LogP contribution in [0.25, 0.3) is 0 Å². The summed E-state index contributed by atoms with van der Waals surface area (Å²) >= 11 is 0. The normalized spacial score (nSPS) is 15.3. The summed E-state index contributed by atoms with van der Waals surface area (Å²) in [6.07, 6.45) is 3.64. The zero-order valence-electron chi connectivity index (χ0n) is 18.4. The molecule has 1 aliphatic rings. The van der Waals surface area contributed by atoms with Gasteiger partial charge in [-0.3, -0.25) is 9.69 Å². The Morgan fingerprint density at radius 3 is 2.10 bits per heavy atom. The van der Waals surface area contributed by atoms with Crippen molar-refractivity contribution in [3.8, 4) is 17.2 Å². The van der Waals surface area contributed by atoms with Crippen LogP contribution in [-0.4, -0.2) is 51.8 Å². The Bertz CT molecular complexity index is 820. The van der Waals surface area contributed by atoms with Crippen LogP contribution in [0.2, 0.25) is 0 Å². The molecule has 162 valence electrons. The van der Waals surface area contributed by atoms with Crippen LogP contribution in [0.1, 0.15) is 46.8 Å². The van der Waals surface area contributed by atoms with E-state index >= 15 is 0 Å². The molecule has 1 saturated heterocycles. The molecule has 1 amide bonds. The first-order chi connectivity index (χ1) is 14.6. The minimum atomic E-state index is -0.137. The van der Waals surface area contributed by atoms with Gasteiger partial charge in [0.1, 0.15) is 17.2 Å². The number of carbonyl (C=O) groups is 1. The Balaban J connectivity index is 1.78. The summed E-state index contributed by atoms with van der Waals surface area (Å²) in [4.78, 5) is 15.4. The smallest absolute Gasteiger partial charge is 0.251 e. The van der Waals surface area contributed by atoms with Crippen molar-refractivity contribution in [1.82, 2.24) is 10.2 Å². The molecule has 0 radical (unpaired) electrons. The molecule has 0 aliphatic carbocycles. The topological polar surface area (TPSA) is 60.0 Å². The van der Waals surface area contributed by atoms with Gasteiger partial charge in [-0.05, 0) is 62.7 Å². The van der Waals surface area contributed by atoms with Crippen molar-refractivity contribution in [2.24, 2.45) is 0 Å². The van der Waals surface area contributed by atoms with Gasteiger partial charge in [0.15, 0.2) is 0 Å². The summed E-state index contributed by atoms with van der Waals surface area (Å²) in [5, 5.41) is 3.12. The van der Waals surface area contributed by atoms with Gasteiger partial charge in [0.05, 0.1) is 27.4 Å². The van der Waals surface area contributed by atoms with Crippen LogP contribution in [-0.2, 0) is 0 Å². The van der Waals surface area contributed by atoms with E-state index in [1.54, 1.807) is 33.5 Å². The maximum atomic E-state index is 13.0. The molecule has 0 saturated carbocycles. The fourth-order valence-corrected chi connectivity index (χ4v) is 4.02. The van der Waals surface area contributed by atoms with Crippen molar-refractivity contribution in [2.75, 3.05) is 41.0 Å². The molecule has 0 spiro atoms. The van der Waals surface area contributed by atoms with Crippen LogP contribution in [0, 0.1) is 6.92 Å². The fraction of sp³-hybridized carbons (Fsp3) is 0.458. The summed E-state index contributed by atoms with van der Waals surface area (Å²) in [6.45, 7) is 4.52. The molecule has 1 aliphatic heterocycles. The van der Waals surface area contributed by atoms with E-state index in [1.165, 1.54) is 24.8 Å². The second-order valence-electron chi connectivity index (χ2n) is 7.60. The third kappa shape index (κ3) is 5.05. The lowest BCUT2D eigenvalue weighted by Crippen LogP contribution is -2.40. The number of likely N-dealkylation sites (tertiary alicyclic amines) is 1. The lowest BCUT2D eigenvalue weighted by Gasteiger charge is -2.35. The molecule has 1 fully saturated rings. The summed E-state index contributed by atoms with van der Waals surface area (Å²) in [5.74, 6) is 1.98. The van der Waals surface area contributed by atoms with Crippen molar-refractivity contribution in [2.45, 2.75) is 32.2 Å². The molecule has 30 heavy (non-hydrogen) atoms. The van der Waals surface area contributed by atoms with E-state index in [4.69, 9.17) is 14.2 Å². The molecule has 6 heteroatoms. The van der Waals surface area contributed by atoms with Crippen LogP contribution in [0.3, 0.4) is 0 Å². The molecular weight excluding hydrogens is 380 g/mol. The van der Waals surface area contributed by atoms with Crippen molar-refractivity contribution in [1.29, 1.82) is 0 Å². The molecule has 2 aromatic rings. The van der Waals surface area contributed by atoms with Crippen LogP contribution in [0.4, 0.5) is 0 Å². The molecule has 1 N–H and O–H groups in total. The van der Waals surface area contributed by atoms with E-state index in [9.17, 15) is 4.79 Å². The third-order valence-corrected chi connectivity index (χ3v) is 5.80. The largest absolute Gasteiger partial charge is 0.497 e. The highest BCUT2D eigenvalue weighted by Gasteiger charge is 2.23. The highest BCUT2D eigenvalue weighted by molar-refractivity contribution is 5.95. The van der Waals surface area contributed by atoms with E-state index in [-0.39, 0.29) is 11.9 Å². The van der Waals surface area contributed by atoms with E-state index < -0.39 is 0 Å². The second-order valence-corrected chi connectivity index (χ2v) is 7.60. The van der Waals surface area contributed by atoms with Crippen molar-refractivity contribution >= 4 is 5.91 Å². The van der Waals surface area contributed by atoms with E-state index in [0.29, 0.717) is 23.6 Å². The minimum Gasteiger partial charge on any atom is -0.497 e. The lowest BCUT2D eigenvalue weighted by atomic mass is 10.0. The Morgan fingerprint density at radius 2 is 1.57 bits per heavy atom. The molecule has 1 unspecified atom stereocenters. The van der Waals surface area contributed by atoms with Gasteiger partial charge in [-0.1, -0.05) is 18.6 Å². The Kier molecular flexibility index (Phi) is 7.57. The average Bonchev–Trinajstić information content (AvgIpc) is 2.80. The van der Waals surface area contributed by atoms with Crippen molar-refractivity contribution in [3.63, 3.8) is 0 Å². The summed E-state index contributed by atoms with van der Waals surface area (Å²) in [5.41, 5.74) is 2.58. The predicted molar refractivity (Wildman–Crippen MR) is 118 cm³/mol. The number of nitrogens with zero attached hydrogens (tertiary/aromatic N) is 1. The molecule has 2 aromatic carbocycles. The van der Waals surface area contributed by atoms with Crippen LogP contribution in [0.15, 0.2) is 36.4 Å². The van der Waals surface area contributed by atoms with Crippen LogP contribution < -0.4 is 19.5 Å². The van der Waals surface area contributed by atoms with Gasteiger partial charge in [-0.15, -0.1) is 0 Å². The Hall–Kier alpha value is -2.73. The van der Waals surface area contributed by atoms with Gasteiger partial charge in [-0.2, -0.15) is 0 Å². The van der Waals surface area contributed by atoms with Gasteiger partial charge in [-0.25, -0.2) is 0 Å².